The summed E-state index contributed by atoms with van der Waals surface area (Å²) in [6.45, 7) is 0. The van der Waals surface area contributed by atoms with Gasteiger partial charge in [-0.25, -0.2) is 4.79 Å². The zero-order valence-corrected chi connectivity index (χ0v) is 17.9. The largest absolute Gasteiger partial charge is 0.467 e. The van der Waals surface area contributed by atoms with Gasteiger partial charge < -0.3 is 10.1 Å². The molecule has 0 heterocycles. The second-order valence-electron chi connectivity index (χ2n) is 5.36. The Bertz CT molecular complexity index is 794. The molecule has 2 rings (SSSR count). The standard InChI is InChI=1S/C18H17Br2NO4S/c1-25-18(23)16(7-8-26(24)15-5-3-2-4-6-15)21-17(22)12-9-13(19)11-14(20)10-12/h2-6,9-11,16H,7-8H2,1H3,(H,21,22)/t16-,26-/m1/s1. The van der Waals surface area contributed by atoms with Gasteiger partial charge in [-0.15, -0.1) is 0 Å². The van der Waals surface area contributed by atoms with Gasteiger partial charge in [0.15, 0.2) is 0 Å². The minimum Gasteiger partial charge on any atom is -0.467 e. The third-order valence-electron chi connectivity index (χ3n) is 3.51. The van der Waals surface area contributed by atoms with E-state index in [1.807, 2.05) is 6.07 Å². The molecule has 0 fully saturated rings. The van der Waals surface area contributed by atoms with Gasteiger partial charge in [0.1, 0.15) is 6.04 Å². The molecule has 2 atom stereocenters. The van der Waals surface area contributed by atoms with E-state index in [-0.39, 0.29) is 12.2 Å². The summed E-state index contributed by atoms with van der Waals surface area (Å²) in [5.74, 6) is -0.753. The molecule has 0 bridgehead atoms. The highest BCUT2D eigenvalue weighted by atomic mass is 79.9. The molecule has 0 aromatic heterocycles. The average Bonchev–Trinajstić information content (AvgIpc) is 2.63. The lowest BCUT2D eigenvalue weighted by molar-refractivity contribution is -0.142. The summed E-state index contributed by atoms with van der Waals surface area (Å²) in [6.07, 6.45) is 0.203. The lowest BCUT2D eigenvalue weighted by atomic mass is 10.1. The van der Waals surface area contributed by atoms with Crippen LogP contribution < -0.4 is 5.32 Å². The van der Waals surface area contributed by atoms with E-state index >= 15 is 0 Å². The summed E-state index contributed by atoms with van der Waals surface area (Å²) in [7, 11) is -0.00793. The fourth-order valence-corrected chi connectivity index (χ4v) is 4.67. The molecular formula is C18H17Br2NO4S. The van der Waals surface area contributed by atoms with Gasteiger partial charge in [-0.3, -0.25) is 9.00 Å². The molecule has 8 heteroatoms. The van der Waals surface area contributed by atoms with Crippen molar-refractivity contribution in [3.8, 4) is 0 Å². The third-order valence-corrected chi connectivity index (χ3v) is 5.83. The first-order valence-electron chi connectivity index (χ1n) is 7.69. The van der Waals surface area contributed by atoms with Crippen LogP contribution in [0, 0.1) is 0 Å². The number of hydrogen-bond donors (Lipinski definition) is 1. The Morgan fingerprint density at radius 2 is 1.73 bits per heavy atom. The number of benzene rings is 2. The van der Waals surface area contributed by atoms with Crippen molar-refractivity contribution in [3.63, 3.8) is 0 Å². The van der Waals surface area contributed by atoms with E-state index in [0.717, 1.165) is 8.95 Å². The number of halogens is 2. The molecule has 0 saturated carbocycles. The predicted octanol–water partition coefficient (Wildman–Crippen LogP) is 3.68. The monoisotopic (exact) mass is 501 g/mol. The number of ether oxygens (including phenoxy) is 1. The number of hydrogen-bond acceptors (Lipinski definition) is 4. The summed E-state index contributed by atoms with van der Waals surface area (Å²) in [5.41, 5.74) is 0.393. The Morgan fingerprint density at radius 3 is 2.31 bits per heavy atom. The number of nitrogens with one attached hydrogen (secondary N) is 1. The zero-order chi connectivity index (χ0) is 19.1. The molecule has 0 spiro atoms. The summed E-state index contributed by atoms with van der Waals surface area (Å²) in [4.78, 5) is 25.1. The van der Waals surface area contributed by atoms with Crippen molar-refractivity contribution >= 4 is 54.5 Å². The van der Waals surface area contributed by atoms with Crippen molar-refractivity contribution in [2.24, 2.45) is 0 Å². The molecule has 0 unspecified atom stereocenters. The van der Waals surface area contributed by atoms with Crippen LogP contribution in [0.4, 0.5) is 0 Å². The molecule has 1 amide bonds. The maximum atomic E-state index is 12.5. The van der Waals surface area contributed by atoms with Gasteiger partial charge in [0.2, 0.25) is 0 Å². The fourth-order valence-electron chi connectivity index (χ4n) is 2.23. The van der Waals surface area contributed by atoms with E-state index in [2.05, 4.69) is 37.2 Å². The number of carbonyl (C=O) groups is 2. The Kier molecular flexibility index (Phi) is 7.99. The van der Waals surface area contributed by atoms with Gasteiger partial charge in [0, 0.05) is 25.2 Å². The highest BCUT2D eigenvalue weighted by Crippen LogP contribution is 2.20. The lowest BCUT2D eigenvalue weighted by Crippen LogP contribution is -2.42. The van der Waals surface area contributed by atoms with Crippen molar-refractivity contribution in [3.05, 3.63) is 63.0 Å². The molecule has 0 aliphatic carbocycles. The number of amides is 1. The summed E-state index contributed by atoms with van der Waals surface area (Å²) >= 11 is 6.65. The second kappa shape index (κ2) is 9.99. The number of methoxy groups -OCH3 is 1. The molecule has 5 nitrogen and oxygen atoms in total. The van der Waals surface area contributed by atoms with Crippen LogP contribution in [0.2, 0.25) is 0 Å². The molecule has 1 N–H and O–H groups in total. The SMILES string of the molecule is COC(=O)[C@@H](CC[S@@](=O)c1ccccc1)NC(=O)c1cc(Br)cc(Br)c1. The van der Waals surface area contributed by atoms with E-state index < -0.39 is 28.7 Å². The van der Waals surface area contributed by atoms with E-state index in [0.29, 0.717) is 10.5 Å². The molecule has 138 valence electrons. The predicted molar refractivity (Wildman–Crippen MR) is 107 cm³/mol. The molecule has 0 saturated heterocycles. The van der Waals surface area contributed by atoms with Crippen molar-refractivity contribution in [2.75, 3.05) is 12.9 Å². The van der Waals surface area contributed by atoms with Crippen molar-refractivity contribution in [2.45, 2.75) is 17.4 Å². The van der Waals surface area contributed by atoms with Gasteiger partial charge in [-0.2, -0.15) is 0 Å². The first-order valence-corrected chi connectivity index (χ1v) is 10.6. The molecular weight excluding hydrogens is 486 g/mol. The highest BCUT2D eigenvalue weighted by molar-refractivity contribution is 9.11. The van der Waals surface area contributed by atoms with E-state index in [9.17, 15) is 13.8 Å². The first kappa shape index (κ1) is 20.8. The van der Waals surface area contributed by atoms with Gasteiger partial charge >= 0.3 is 5.97 Å². The van der Waals surface area contributed by atoms with Gasteiger partial charge in [-0.1, -0.05) is 50.1 Å². The molecule has 0 aliphatic heterocycles. The quantitative estimate of drug-likeness (QED) is 0.586. The summed E-state index contributed by atoms with van der Waals surface area (Å²) < 4.78 is 18.6. The van der Waals surface area contributed by atoms with Crippen LogP contribution in [0.1, 0.15) is 16.8 Å². The normalized spacial score (nSPS) is 12.9. The lowest BCUT2D eigenvalue weighted by Gasteiger charge is -2.16. The van der Waals surface area contributed by atoms with Crippen LogP contribution >= 0.6 is 31.9 Å². The fraction of sp³-hybridized carbons (Fsp3) is 0.222. The van der Waals surface area contributed by atoms with Crippen molar-refractivity contribution in [1.82, 2.24) is 5.32 Å². The molecule has 0 aliphatic rings. The minimum absolute atomic E-state index is 0.203. The smallest absolute Gasteiger partial charge is 0.328 e. The van der Waals surface area contributed by atoms with Crippen LogP contribution in [0.25, 0.3) is 0 Å². The average molecular weight is 503 g/mol. The second-order valence-corrected chi connectivity index (χ2v) is 8.76. The minimum atomic E-state index is -1.26. The summed E-state index contributed by atoms with van der Waals surface area (Å²) in [5, 5.41) is 2.66. The van der Waals surface area contributed by atoms with Crippen LogP contribution in [-0.4, -0.2) is 35.0 Å². The highest BCUT2D eigenvalue weighted by Gasteiger charge is 2.23. The van der Waals surface area contributed by atoms with E-state index in [1.54, 1.807) is 42.5 Å². The van der Waals surface area contributed by atoms with Gasteiger partial charge in [0.05, 0.1) is 17.9 Å². The van der Waals surface area contributed by atoms with Crippen molar-refractivity contribution in [1.29, 1.82) is 0 Å². The molecule has 26 heavy (non-hydrogen) atoms. The Labute approximate surface area is 171 Å². The number of esters is 1. The van der Waals surface area contributed by atoms with Crippen LogP contribution in [0.5, 0.6) is 0 Å². The summed E-state index contributed by atoms with van der Waals surface area (Å²) in [6, 6.07) is 13.2. The Balaban J connectivity index is 2.06. The molecule has 2 aromatic rings. The Hall–Kier alpha value is -1.51. The van der Waals surface area contributed by atoms with Crippen molar-refractivity contribution < 1.29 is 18.5 Å². The van der Waals surface area contributed by atoms with E-state index in [4.69, 9.17) is 4.74 Å². The first-order chi connectivity index (χ1) is 12.4. The third kappa shape index (κ3) is 6.03. The number of rotatable bonds is 7. The molecule has 2 aromatic carbocycles. The Morgan fingerprint density at radius 1 is 1.12 bits per heavy atom. The van der Waals surface area contributed by atoms with Gasteiger partial charge in [-0.05, 0) is 36.8 Å². The van der Waals surface area contributed by atoms with Gasteiger partial charge in [0.25, 0.3) is 5.91 Å². The van der Waals surface area contributed by atoms with Crippen LogP contribution in [0.15, 0.2) is 62.4 Å². The maximum Gasteiger partial charge on any atom is 0.328 e. The van der Waals surface area contributed by atoms with E-state index in [1.165, 1.54) is 7.11 Å². The topological polar surface area (TPSA) is 72.5 Å². The number of carbonyl (C=O) groups excluding carboxylic acids is 2. The van der Waals surface area contributed by atoms with Crippen LogP contribution in [-0.2, 0) is 20.3 Å². The maximum absolute atomic E-state index is 12.5. The van der Waals surface area contributed by atoms with Crippen LogP contribution in [0.3, 0.4) is 0 Å². The zero-order valence-electron chi connectivity index (χ0n) is 13.9. The molecule has 0 radical (unpaired) electrons.